The van der Waals surface area contributed by atoms with Gasteiger partial charge >= 0.3 is 0 Å². The smallest absolute Gasteiger partial charge is 0.152 e. The number of hydrogen-bond acceptors (Lipinski definition) is 3. The number of benzene rings is 1. The Kier molecular flexibility index (Phi) is 3.29. The number of thiazole rings is 1. The molecule has 0 unspecified atom stereocenters. The Morgan fingerprint density at radius 1 is 1.33 bits per heavy atom. The van der Waals surface area contributed by atoms with Crippen LogP contribution < -0.4 is 5.32 Å². The van der Waals surface area contributed by atoms with Gasteiger partial charge in [-0.25, -0.2) is 9.37 Å². The van der Waals surface area contributed by atoms with Gasteiger partial charge in [-0.2, -0.15) is 0 Å². The average molecular weight is 221 g/mol. The summed E-state index contributed by atoms with van der Waals surface area (Å²) >= 11 is 1.47. The second-order valence-electron chi connectivity index (χ2n) is 3.11. The zero-order valence-corrected chi connectivity index (χ0v) is 8.85. The first-order chi connectivity index (χ1) is 7.34. The molecule has 77 valence electrons. The van der Waals surface area contributed by atoms with E-state index in [1.807, 2.05) is 5.38 Å². The maximum atomic E-state index is 12.6. The summed E-state index contributed by atoms with van der Waals surface area (Å²) in [5.74, 6) is -0.213. The molecule has 0 fully saturated rings. The van der Waals surface area contributed by atoms with E-state index in [2.05, 4.69) is 15.8 Å². The molecule has 0 aliphatic rings. The Balaban J connectivity index is 1.81. The summed E-state index contributed by atoms with van der Waals surface area (Å²) in [4.78, 5) is 4.06. The predicted molar refractivity (Wildman–Crippen MR) is 59.5 cm³/mol. The third-order valence-corrected chi connectivity index (χ3v) is 2.58. The molecule has 0 saturated carbocycles. The van der Waals surface area contributed by atoms with Crippen LogP contribution in [0, 0.1) is 11.3 Å². The Morgan fingerprint density at radius 3 is 2.80 bits per heavy atom. The average Bonchev–Trinajstić information content (AvgIpc) is 2.74. The van der Waals surface area contributed by atoms with Crippen molar-refractivity contribution in [3.05, 3.63) is 46.7 Å². The van der Waals surface area contributed by atoms with E-state index in [0.717, 1.165) is 24.3 Å². The lowest BCUT2D eigenvalue weighted by Crippen LogP contribution is -2.04. The maximum absolute atomic E-state index is 12.6. The van der Waals surface area contributed by atoms with Crippen molar-refractivity contribution in [3.8, 4) is 0 Å². The van der Waals surface area contributed by atoms with Crippen molar-refractivity contribution in [2.75, 3.05) is 11.9 Å². The van der Waals surface area contributed by atoms with Crippen LogP contribution in [0.2, 0.25) is 0 Å². The molecule has 2 rings (SSSR count). The number of nitrogens with one attached hydrogen (secondary N) is 1. The summed E-state index contributed by atoms with van der Waals surface area (Å²) in [6, 6.07) is 6.34. The normalized spacial score (nSPS) is 10.2. The largest absolute Gasteiger partial charge is 0.385 e. The number of hydrogen-bond donors (Lipinski definition) is 1. The molecule has 0 amide bonds. The lowest BCUT2D eigenvalue weighted by atomic mass is 10.3. The predicted octanol–water partition coefficient (Wildman–Crippen LogP) is 2.74. The van der Waals surface area contributed by atoms with Crippen LogP contribution in [0.5, 0.6) is 0 Å². The monoisotopic (exact) mass is 221 g/mol. The van der Waals surface area contributed by atoms with Crippen molar-refractivity contribution in [2.24, 2.45) is 0 Å². The number of anilines is 1. The van der Waals surface area contributed by atoms with Gasteiger partial charge in [-0.05, 0) is 24.3 Å². The Hall–Kier alpha value is -1.42. The Labute approximate surface area is 91.8 Å². The summed E-state index contributed by atoms with van der Waals surface area (Å²) in [7, 11) is 0. The molecule has 0 atom stereocenters. The second-order valence-corrected chi connectivity index (χ2v) is 3.77. The number of rotatable bonds is 4. The molecule has 1 aromatic carbocycles. The van der Waals surface area contributed by atoms with Crippen LogP contribution in [-0.2, 0) is 6.42 Å². The molecule has 0 bridgehead atoms. The minimum absolute atomic E-state index is 0.213. The number of aromatic nitrogens is 1. The van der Waals surface area contributed by atoms with E-state index in [9.17, 15) is 4.39 Å². The SMILES string of the molecule is Fc1ccc(NCCc2cs[c]n2)cc1. The summed E-state index contributed by atoms with van der Waals surface area (Å²) in [5, 5.41) is 5.17. The van der Waals surface area contributed by atoms with Crippen molar-refractivity contribution in [3.63, 3.8) is 0 Å². The van der Waals surface area contributed by atoms with Crippen LogP contribution in [0.15, 0.2) is 29.6 Å². The van der Waals surface area contributed by atoms with Gasteiger partial charge in [0.15, 0.2) is 5.51 Å². The number of nitrogens with zero attached hydrogens (tertiary/aromatic N) is 1. The molecule has 1 N–H and O–H groups in total. The fourth-order valence-corrected chi connectivity index (χ4v) is 1.75. The highest BCUT2D eigenvalue weighted by molar-refractivity contribution is 7.07. The van der Waals surface area contributed by atoms with E-state index in [1.165, 1.54) is 23.5 Å². The summed E-state index contributed by atoms with van der Waals surface area (Å²) < 4.78 is 12.6. The van der Waals surface area contributed by atoms with E-state index >= 15 is 0 Å². The lowest BCUT2D eigenvalue weighted by molar-refractivity contribution is 0.628. The van der Waals surface area contributed by atoms with E-state index in [-0.39, 0.29) is 5.82 Å². The van der Waals surface area contributed by atoms with Gasteiger partial charge in [0, 0.05) is 24.0 Å². The molecule has 1 radical (unpaired) electrons. The minimum atomic E-state index is -0.213. The van der Waals surface area contributed by atoms with Crippen LogP contribution in [0.25, 0.3) is 0 Å². The van der Waals surface area contributed by atoms with Crippen molar-refractivity contribution in [1.82, 2.24) is 4.98 Å². The van der Waals surface area contributed by atoms with Gasteiger partial charge in [-0.15, -0.1) is 11.3 Å². The highest BCUT2D eigenvalue weighted by Crippen LogP contribution is 2.08. The minimum Gasteiger partial charge on any atom is -0.385 e. The molecule has 0 aliphatic carbocycles. The van der Waals surface area contributed by atoms with Crippen LogP contribution in [-0.4, -0.2) is 11.5 Å². The summed E-state index contributed by atoms with van der Waals surface area (Å²) in [5.41, 5.74) is 4.76. The van der Waals surface area contributed by atoms with Crippen molar-refractivity contribution >= 4 is 17.0 Å². The van der Waals surface area contributed by atoms with Gasteiger partial charge in [0.05, 0.1) is 5.69 Å². The summed E-state index contributed by atoms with van der Waals surface area (Å²) in [6.07, 6.45) is 0.859. The third-order valence-electron chi connectivity index (χ3n) is 1.99. The molecule has 0 aliphatic heterocycles. The van der Waals surface area contributed by atoms with Crippen LogP contribution in [0.1, 0.15) is 5.69 Å². The number of halogens is 1. The van der Waals surface area contributed by atoms with E-state index in [0.29, 0.717) is 0 Å². The fraction of sp³-hybridized carbons (Fsp3) is 0.182. The van der Waals surface area contributed by atoms with E-state index in [1.54, 1.807) is 12.1 Å². The van der Waals surface area contributed by atoms with Gasteiger partial charge < -0.3 is 5.32 Å². The van der Waals surface area contributed by atoms with Crippen LogP contribution in [0.3, 0.4) is 0 Å². The molecule has 2 aromatic rings. The zero-order chi connectivity index (χ0) is 10.5. The first kappa shape index (κ1) is 10.1. The maximum Gasteiger partial charge on any atom is 0.152 e. The Morgan fingerprint density at radius 2 is 2.13 bits per heavy atom. The molecule has 2 nitrogen and oxygen atoms in total. The topological polar surface area (TPSA) is 24.9 Å². The molecular formula is C11H10FN2S. The molecule has 1 heterocycles. The lowest BCUT2D eigenvalue weighted by Gasteiger charge is -2.04. The molecule has 0 saturated heterocycles. The van der Waals surface area contributed by atoms with Gasteiger partial charge in [-0.1, -0.05) is 0 Å². The summed E-state index contributed by atoms with van der Waals surface area (Å²) in [6.45, 7) is 0.795. The molecule has 4 heteroatoms. The molecular weight excluding hydrogens is 211 g/mol. The van der Waals surface area contributed by atoms with Gasteiger partial charge in [0.1, 0.15) is 5.82 Å². The van der Waals surface area contributed by atoms with Crippen molar-refractivity contribution < 1.29 is 4.39 Å². The highest BCUT2D eigenvalue weighted by atomic mass is 32.1. The quantitative estimate of drug-likeness (QED) is 0.858. The zero-order valence-electron chi connectivity index (χ0n) is 8.03. The standard InChI is InChI=1S/C11H10FN2S/c12-9-1-3-10(4-2-9)13-6-5-11-7-15-8-14-11/h1-4,7,13H,5-6H2. The Bertz CT molecular complexity index is 397. The molecule has 15 heavy (non-hydrogen) atoms. The van der Waals surface area contributed by atoms with Crippen LogP contribution in [0.4, 0.5) is 10.1 Å². The van der Waals surface area contributed by atoms with Crippen molar-refractivity contribution in [1.29, 1.82) is 0 Å². The van der Waals surface area contributed by atoms with Gasteiger partial charge in [0.2, 0.25) is 0 Å². The van der Waals surface area contributed by atoms with Gasteiger partial charge in [-0.3, -0.25) is 0 Å². The van der Waals surface area contributed by atoms with Crippen molar-refractivity contribution in [2.45, 2.75) is 6.42 Å². The molecule has 0 spiro atoms. The highest BCUT2D eigenvalue weighted by Gasteiger charge is 1.96. The fourth-order valence-electron chi connectivity index (χ4n) is 1.22. The van der Waals surface area contributed by atoms with Crippen LogP contribution >= 0.6 is 11.3 Å². The second kappa shape index (κ2) is 4.89. The first-order valence-electron chi connectivity index (χ1n) is 4.64. The van der Waals surface area contributed by atoms with E-state index < -0.39 is 0 Å². The van der Waals surface area contributed by atoms with Gasteiger partial charge in [0.25, 0.3) is 0 Å². The van der Waals surface area contributed by atoms with E-state index in [4.69, 9.17) is 0 Å². The first-order valence-corrected chi connectivity index (χ1v) is 5.52. The molecule has 1 aromatic heterocycles. The third kappa shape index (κ3) is 3.02.